The molecule has 7 heteroatoms. The predicted molar refractivity (Wildman–Crippen MR) is 56.5 cm³/mol. The maximum absolute atomic E-state index is 12.5. The molecule has 0 aliphatic rings. The Kier molecular flexibility index (Phi) is 3.49. The summed E-state index contributed by atoms with van der Waals surface area (Å²) in [6, 6.07) is 0. The van der Waals surface area contributed by atoms with Crippen molar-refractivity contribution in [2.75, 3.05) is 0 Å². The number of alkyl halides is 3. The van der Waals surface area contributed by atoms with Gasteiger partial charge in [0.1, 0.15) is 5.69 Å². The molecule has 1 heterocycles. The van der Waals surface area contributed by atoms with Gasteiger partial charge in [-0.1, -0.05) is 11.3 Å². The molecule has 0 bridgehead atoms. The first-order valence-corrected chi connectivity index (χ1v) is 5.45. The molecule has 0 atom stereocenters. The van der Waals surface area contributed by atoms with E-state index < -0.39 is 16.7 Å². The highest BCUT2D eigenvalue weighted by molar-refractivity contribution is 7.09. The number of halogens is 3. The molecular formula is C9H13F3N2OS. The van der Waals surface area contributed by atoms with Crippen LogP contribution < -0.4 is 10.2 Å². The van der Waals surface area contributed by atoms with Crippen LogP contribution in [0.4, 0.5) is 13.2 Å². The normalized spacial score (nSPS) is 13.1. The van der Waals surface area contributed by atoms with Crippen molar-refractivity contribution >= 4 is 11.3 Å². The molecule has 1 aromatic heterocycles. The van der Waals surface area contributed by atoms with E-state index in [9.17, 15) is 18.0 Å². The van der Waals surface area contributed by atoms with Crippen molar-refractivity contribution in [3.05, 3.63) is 20.2 Å². The average Bonchev–Trinajstić information content (AvgIpc) is 2.41. The summed E-state index contributed by atoms with van der Waals surface area (Å²) < 4.78 is 37.5. The van der Waals surface area contributed by atoms with Gasteiger partial charge in [-0.15, -0.1) is 0 Å². The molecule has 92 valence electrons. The fraction of sp³-hybridized carbons (Fsp3) is 0.667. The summed E-state index contributed by atoms with van der Waals surface area (Å²) in [7, 11) is 0. The zero-order chi connectivity index (χ0) is 12.6. The SMILES string of the molecule is CC(C)(C)NCc1sc(=O)[nH]c1C(F)(F)F. The van der Waals surface area contributed by atoms with E-state index in [1.54, 1.807) is 0 Å². The number of aromatic amines is 1. The second kappa shape index (κ2) is 4.21. The lowest BCUT2D eigenvalue weighted by Gasteiger charge is -2.20. The van der Waals surface area contributed by atoms with Crippen LogP contribution in [0.15, 0.2) is 4.79 Å². The third-order valence-corrected chi connectivity index (χ3v) is 2.67. The first-order chi connectivity index (χ1) is 7.09. The minimum absolute atomic E-state index is 0.00701. The van der Waals surface area contributed by atoms with E-state index in [4.69, 9.17) is 0 Å². The van der Waals surface area contributed by atoms with Crippen LogP contribution in [0.2, 0.25) is 0 Å². The van der Waals surface area contributed by atoms with Gasteiger partial charge in [0.15, 0.2) is 0 Å². The Morgan fingerprint density at radius 3 is 2.31 bits per heavy atom. The lowest BCUT2D eigenvalue weighted by Crippen LogP contribution is -2.35. The molecule has 0 radical (unpaired) electrons. The Morgan fingerprint density at radius 2 is 1.88 bits per heavy atom. The molecule has 0 aromatic carbocycles. The predicted octanol–water partition coefficient (Wildman–Crippen LogP) is 2.34. The molecule has 0 amide bonds. The van der Waals surface area contributed by atoms with E-state index in [-0.39, 0.29) is 17.0 Å². The van der Waals surface area contributed by atoms with Crippen LogP contribution in [0.3, 0.4) is 0 Å². The van der Waals surface area contributed by atoms with Gasteiger partial charge in [-0.3, -0.25) is 4.79 Å². The number of rotatable bonds is 2. The summed E-state index contributed by atoms with van der Waals surface area (Å²) >= 11 is 0.588. The molecule has 0 spiro atoms. The molecule has 0 unspecified atom stereocenters. The topological polar surface area (TPSA) is 44.9 Å². The molecule has 1 rings (SSSR count). The van der Waals surface area contributed by atoms with Crippen molar-refractivity contribution in [2.24, 2.45) is 0 Å². The van der Waals surface area contributed by atoms with Gasteiger partial charge in [-0.05, 0) is 20.8 Å². The number of H-pyrrole nitrogens is 1. The molecule has 0 fully saturated rings. The lowest BCUT2D eigenvalue weighted by atomic mass is 10.1. The summed E-state index contributed by atoms with van der Waals surface area (Å²) in [4.78, 5) is 12.0. The van der Waals surface area contributed by atoms with Crippen molar-refractivity contribution < 1.29 is 13.2 Å². The van der Waals surface area contributed by atoms with Crippen molar-refractivity contribution in [3.63, 3.8) is 0 Å². The molecule has 3 nitrogen and oxygen atoms in total. The van der Waals surface area contributed by atoms with Gasteiger partial charge in [0, 0.05) is 12.1 Å². The fourth-order valence-corrected chi connectivity index (χ4v) is 1.85. The molecule has 0 saturated heterocycles. The zero-order valence-corrected chi connectivity index (χ0v) is 9.97. The van der Waals surface area contributed by atoms with Gasteiger partial charge >= 0.3 is 11.0 Å². The number of aromatic nitrogens is 1. The lowest BCUT2D eigenvalue weighted by molar-refractivity contribution is -0.141. The molecule has 0 saturated carbocycles. The summed E-state index contributed by atoms with van der Waals surface area (Å²) in [5.41, 5.74) is -1.24. The highest BCUT2D eigenvalue weighted by atomic mass is 32.1. The van der Waals surface area contributed by atoms with Gasteiger partial charge in [-0.2, -0.15) is 13.2 Å². The Bertz CT molecular complexity index is 414. The molecule has 1 aromatic rings. The smallest absolute Gasteiger partial charge is 0.308 e. The number of nitrogens with one attached hydrogen (secondary N) is 2. The van der Waals surface area contributed by atoms with E-state index in [0.717, 1.165) is 0 Å². The number of thiazole rings is 1. The van der Waals surface area contributed by atoms with Crippen LogP contribution in [-0.4, -0.2) is 10.5 Å². The van der Waals surface area contributed by atoms with E-state index in [1.165, 1.54) is 0 Å². The van der Waals surface area contributed by atoms with E-state index in [2.05, 4.69) is 5.32 Å². The minimum Gasteiger partial charge on any atom is -0.308 e. The first-order valence-electron chi connectivity index (χ1n) is 4.64. The van der Waals surface area contributed by atoms with Gasteiger partial charge in [0.2, 0.25) is 0 Å². The van der Waals surface area contributed by atoms with Crippen LogP contribution in [0.1, 0.15) is 31.3 Å². The van der Waals surface area contributed by atoms with E-state index in [1.807, 2.05) is 25.8 Å². The monoisotopic (exact) mass is 254 g/mol. The Hall–Kier alpha value is -0.820. The summed E-state index contributed by atoms with van der Waals surface area (Å²) in [5.74, 6) is 0. The number of hydrogen-bond acceptors (Lipinski definition) is 3. The maximum atomic E-state index is 12.5. The average molecular weight is 254 g/mol. The van der Waals surface area contributed by atoms with Gasteiger partial charge < -0.3 is 10.3 Å². The highest BCUT2D eigenvalue weighted by Crippen LogP contribution is 2.31. The van der Waals surface area contributed by atoms with Gasteiger partial charge in [0.25, 0.3) is 0 Å². The number of hydrogen-bond donors (Lipinski definition) is 2. The maximum Gasteiger partial charge on any atom is 0.432 e. The van der Waals surface area contributed by atoms with Crippen molar-refractivity contribution in [3.8, 4) is 0 Å². The van der Waals surface area contributed by atoms with Crippen LogP contribution in [0, 0.1) is 0 Å². The molecule has 16 heavy (non-hydrogen) atoms. The largest absolute Gasteiger partial charge is 0.432 e. The first kappa shape index (κ1) is 13.2. The summed E-state index contributed by atoms with van der Waals surface area (Å²) in [6.07, 6.45) is -4.51. The van der Waals surface area contributed by atoms with Crippen molar-refractivity contribution in [1.82, 2.24) is 10.3 Å². The van der Waals surface area contributed by atoms with E-state index in [0.29, 0.717) is 11.3 Å². The fourth-order valence-electron chi connectivity index (χ4n) is 1.06. The highest BCUT2D eigenvalue weighted by Gasteiger charge is 2.36. The van der Waals surface area contributed by atoms with Crippen LogP contribution in [-0.2, 0) is 12.7 Å². The van der Waals surface area contributed by atoms with Crippen molar-refractivity contribution in [1.29, 1.82) is 0 Å². The summed E-state index contributed by atoms with van der Waals surface area (Å²) in [5, 5.41) is 2.92. The third-order valence-electron chi connectivity index (χ3n) is 1.78. The minimum atomic E-state index is -4.51. The molecular weight excluding hydrogens is 241 g/mol. The third kappa shape index (κ3) is 3.64. The van der Waals surface area contributed by atoms with Crippen molar-refractivity contribution in [2.45, 2.75) is 39.0 Å². The second-order valence-electron chi connectivity index (χ2n) is 4.41. The van der Waals surface area contributed by atoms with Gasteiger partial charge in [0.05, 0.1) is 4.88 Å². The Morgan fingerprint density at radius 1 is 1.31 bits per heavy atom. The quantitative estimate of drug-likeness (QED) is 0.851. The molecule has 2 N–H and O–H groups in total. The standard InChI is InChI=1S/C9H13F3N2OS/c1-8(2,3)13-4-5-6(9(10,11)12)14-7(15)16-5/h13H,4H2,1-3H3,(H,14,15). The molecule has 0 aliphatic carbocycles. The second-order valence-corrected chi connectivity index (χ2v) is 5.48. The Balaban J connectivity index is 2.92. The van der Waals surface area contributed by atoms with Crippen LogP contribution in [0.5, 0.6) is 0 Å². The van der Waals surface area contributed by atoms with Gasteiger partial charge in [-0.25, -0.2) is 0 Å². The zero-order valence-electron chi connectivity index (χ0n) is 9.16. The molecule has 0 aliphatic heterocycles. The van der Waals surface area contributed by atoms with Crippen LogP contribution in [0.25, 0.3) is 0 Å². The van der Waals surface area contributed by atoms with E-state index >= 15 is 0 Å². The Labute approximate surface area is 94.7 Å². The van der Waals surface area contributed by atoms with Crippen LogP contribution >= 0.6 is 11.3 Å². The summed E-state index contributed by atoms with van der Waals surface area (Å²) in [6.45, 7) is 5.56.